The van der Waals surface area contributed by atoms with Crippen molar-refractivity contribution >= 4 is 15.9 Å². The van der Waals surface area contributed by atoms with Crippen molar-refractivity contribution in [2.45, 2.75) is 18.1 Å². The molecule has 0 spiro atoms. The lowest BCUT2D eigenvalue weighted by atomic mass is 10.1. The van der Waals surface area contributed by atoms with Crippen LogP contribution >= 0.6 is 0 Å². The Morgan fingerprint density at radius 3 is 2.80 bits per heavy atom. The van der Waals surface area contributed by atoms with Crippen LogP contribution in [0.4, 0.5) is 0 Å². The van der Waals surface area contributed by atoms with Gasteiger partial charge in [-0.05, 0) is 24.1 Å². The van der Waals surface area contributed by atoms with Gasteiger partial charge in [-0.3, -0.25) is 4.79 Å². The summed E-state index contributed by atoms with van der Waals surface area (Å²) < 4.78 is 27.7. The predicted octanol–water partition coefficient (Wildman–Crippen LogP) is 0.127. The Morgan fingerprint density at radius 2 is 2.20 bits per heavy atom. The first-order valence-corrected chi connectivity index (χ1v) is 7.93. The molecule has 1 saturated heterocycles. The summed E-state index contributed by atoms with van der Waals surface area (Å²) in [5.74, 6) is 0.601. The molecule has 2 N–H and O–H groups in total. The van der Waals surface area contributed by atoms with Gasteiger partial charge in [0.05, 0.1) is 7.11 Å². The summed E-state index contributed by atoms with van der Waals surface area (Å²) in [6, 6.07) is 7.58. The fourth-order valence-corrected chi connectivity index (χ4v) is 3.03. The summed E-state index contributed by atoms with van der Waals surface area (Å²) in [5.41, 5.74) is 1.04. The molecular formula is C13H18N2O4S. The molecule has 6 nitrogen and oxygen atoms in total. The lowest BCUT2D eigenvalue weighted by molar-refractivity contribution is -0.127. The maximum Gasteiger partial charge on any atom is 0.224 e. The van der Waals surface area contributed by atoms with Gasteiger partial charge >= 0.3 is 0 Å². The van der Waals surface area contributed by atoms with Crippen LogP contribution in [0.3, 0.4) is 0 Å². The molecule has 1 fully saturated rings. The molecule has 0 bridgehead atoms. The summed E-state index contributed by atoms with van der Waals surface area (Å²) >= 11 is 0. The second-order valence-electron chi connectivity index (χ2n) is 4.86. The summed E-state index contributed by atoms with van der Waals surface area (Å²) in [7, 11) is -2.05. The van der Waals surface area contributed by atoms with Gasteiger partial charge in [0.15, 0.2) is 0 Å². The van der Waals surface area contributed by atoms with Crippen LogP contribution in [0.2, 0.25) is 0 Å². The van der Waals surface area contributed by atoms with Crippen LogP contribution in [0.1, 0.15) is 12.0 Å². The van der Waals surface area contributed by atoms with E-state index in [2.05, 4.69) is 0 Å². The summed E-state index contributed by atoms with van der Waals surface area (Å²) in [6.07, 6.45) is 0.636. The van der Waals surface area contributed by atoms with Crippen LogP contribution in [-0.2, 0) is 21.2 Å². The number of ether oxygens (including phenoxy) is 1. The molecule has 1 amide bonds. The van der Waals surface area contributed by atoms with Crippen molar-refractivity contribution < 1.29 is 17.9 Å². The maximum atomic E-state index is 11.8. The Bertz CT molecular complexity index is 600. The zero-order valence-corrected chi connectivity index (χ0v) is 12.1. The Hall–Kier alpha value is -1.60. The van der Waals surface area contributed by atoms with Crippen molar-refractivity contribution in [3.8, 4) is 5.75 Å². The number of carbonyl (C=O) groups excluding carboxylic acids is 1. The fraction of sp³-hybridized carbons (Fsp3) is 0.462. The first-order chi connectivity index (χ1) is 9.40. The van der Waals surface area contributed by atoms with Gasteiger partial charge in [-0.25, -0.2) is 13.6 Å². The third kappa shape index (κ3) is 3.49. The highest BCUT2D eigenvalue weighted by Crippen LogP contribution is 2.18. The van der Waals surface area contributed by atoms with Crippen molar-refractivity contribution in [3.63, 3.8) is 0 Å². The molecular weight excluding hydrogens is 280 g/mol. The molecule has 2 rings (SSSR count). The number of likely N-dealkylation sites (tertiary alicyclic amines) is 1. The third-order valence-corrected chi connectivity index (χ3v) is 4.69. The lowest BCUT2D eigenvalue weighted by Gasteiger charge is -2.16. The zero-order valence-electron chi connectivity index (χ0n) is 11.3. The molecule has 20 heavy (non-hydrogen) atoms. The largest absolute Gasteiger partial charge is 0.497 e. The first kappa shape index (κ1) is 14.8. The van der Waals surface area contributed by atoms with E-state index in [1.807, 2.05) is 24.3 Å². The second kappa shape index (κ2) is 5.80. The van der Waals surface area contributed by atoms with Crippen LogP contribution in [0.25, 0.3) is 0 Å². The van der Waals surface area contributed by atoms with E-state index in [1.54, 1.807) is 12.0 Å². The number of primary sulfonamides is 1. The van der Waals surface area contributed by atoms with Gasteiger partial charge in [0.25, 0.3) is 0 Å². The highest BCUT2D eigenvalue weighted by molar-refractivity contribution is 7.89. The summed E-state index contributed by atoms with van der Waals surface area (Å²) in [5, 5.41) is 4.31. The number of nitrogens with two attached hydrogens (primary N) is 1. The van der Waals surface area contributed by atoms with E-state index >= 15 is 0 Å². The molecule has 1 heterocycles. The van der Waals surface area contributed by atoms with Gasteiger partial charge in [-0.1, -0.05) is 12.1 Å². The van der Waals surface area contributed by atoms with E-state index in [0.717, 1.165) is 11.3 Å². The number of hydrogen-bond acceptors (Lipinski definition) is 4. The van der Waals surface area contributed by atoms with Gasteiger partial charge in [0.2, 0.25) is 15.9 Å². The normalized spacial score (nSPS) is 19.4. The summed E-state index contributed by atoms with van der Waals surface area (Å²) in [6.45, 7) is 0.666. The van der Waals surface area contributed by atoms with Crippen molar-refractivity contribution in [2.24, 2.45) is 5.14 Å². The highest BCUT2D eigenvalue weighted by atomic mass is 32.2. The Morgan fingerprint density at radius 1 is 1.45 bits per heavy atom. The number of carbonyl (C=O) groups is 1. The Kier molecular flexibility index (Phi) is 4.29. The minimum atomic E-state index is -3.64. The number of sulfonamides is 1. The SMILES string of the molecule is COc1cccc(CCN2CC(S(N)(=O)=O)CC2=O)c1. The third-order valence-electron chi connectivity index (χ3n) is 3.45. The van der Waals surface area contributed by atoms with Crippen molar-refractivity contribution in [2.75, 3.05) is 20.2 Å². The summed E-state index contributed by atoms with van der Waals surface area (Å²) in [4.78, 5) is 13.3. The second-order valence-corrected chi connectivity index (χ2v) is 6.70. The minimum Gasteiger partial charge on any atom is -0.497 e. The van der Waals surface area contributed by atoms with Crippen molar-refractivity contribution in [1.82, 2.24) is 4.90 Å². The number of rotatable bonds is 5. The van der Waals surface area contributed by atoms with E-state index in [9.17, 15) is 13.2 Å². The van der Waals surface area contributed by atoms with Crippen LogP contribution in [0.5, 0.6) is 5.75 Å². The van der Waals surface area contributed by atoms with Crippen LogP contribution in [-0.4, -0.2) is 44.7 Å². The molecule has 110 valence electrons. The van der Waals surface area contributed by atoms with Crippen LogP contribution in [0, 0.1) is 0 Å². The first-order valence-electron chi connectivity index (χ1n) is 6.32. The molecule has 0 aliphatic carbocycles. The standard InChI is InChI=1S/C13H18N2O4S/c1-19-11-4-2-3-10(7-11)5-6-15-9-12(8-13(15)16)20(14,17)18/h2-4,7,12H,5-6,8-9H2,1H3,(H2,14,17,18). The zero-order chi connectivity index (χ0) is 14.8. The van der Waals surface area contributed by atoms with Gasteiger partial charge in [0.1, 0.15) is 11.0 Å². The predicted molar refractivity (Wildman–Crippen MR) is 74.8 cm³/mol. The van der Waals surface area contributed by atoms with E-state index in [-0.39, 0.29) is 18.9 Å². The molecule has 1 aliphatic heterocycles. The Balaban J connectivity index is 1.96. The number of nitrogens with zero attached hydrogens (tertiary/aromatic N) is 1. The molecule has 7 heteroatoms. The van der Waals surface area contributed by atoms with Gasteiger partial charge in [-0.2, -0.15) is 0 Å². The monoisotopic (exact) mass is 298 g/mol. The van der Waals surface area contributed by atoms with Crippen LogP contribution < -0.4 is 9.88 Å². The molecule has 1 aromatic rings. The Labute approximate surface area is 118 Å². The van der Waals surface area contributed by atoms with Crippen LogP contribution in [0.15, 0.2) is 24.3 Å². The van der Waals surface area contributed by atoms with E-state index < -0.39 is 15.3 Å². The number of hydrogen-bond donors (Lipinski definition) is 1. The highest BCUT2D eigenvalue weighted by Gasteiger charge is 2.35. The lowest BCUT2D eigenvalue weighted by Crippen LogP contribution is -2.33. The average molecular weight is 298 g/mol. The molecule has 0 saturated carbocycles. The molecule has 1 aliphatic rings. The van der Waals surface area contributed by atoms with Gasteiger partial charge in [-0.15, -0.1) is 0 Å². The topological polar surface area (TPSA) is 89.7 Å². The minimum absolute atomic E-state index is 0.0169. The number of methoxy groups -OCH3 is 1. The molecule has 1 unspecified atom stereocenters. The molecule has 0 radical (unpaired) electrons. The quantitative estimate of drug-likeness (QED) is 0.836. The smallest absolute Gasteiger partial charge is 0.224 e. The average Bonchev–Trinajstić information content (AvgIpc) is 2.78. The van der Waals surface area contributed by atoms with Crippen molar-refractivity contribution in [3.05, 3.63) is 29.8 Å². The molecule has 1 atom stereocenters. The van der Waals surface area contributed by atoms with Crippen molar-refractivity contribution in [1.29, 1.82) is 0 Å². The molecule has 1 aromatic carbocycles. The number of amides is 1. The van der Waals surface area contributed by atoms with Gasteiger partial charge < -0.3 is 9.64 Å². The number of benzene rings is 1. The van der Waals surface area contributed by atoms with E-state index in [1.165, 1.54) is 0 Å². The van der Waals surface area contributed by atoms with E-state index in [4.69, 9.17) is 9.88 Å². The maximum absolute atomic E-state index is 11.8. The van der Waals surface area contributed by atoms with E-state index in [0.29, 0.717) is 13.0 Å². The fourth-order valence-electron chi connectivity index (χ4n) is 2.26. The van der Waals surface area contributed by atoms with Gasteiger partial charge in [0, 0.05) is 19.5 Å². The molecule has 0 aromatic heterocycles.